The maximum atomic E-state index is 12.3. The fraction of sp³-hybridized carbons (Fsp3) is 0.538. The van der Waals surface area contributed by atoms with Gasteiger partial charge in [0.1, 0.15) is 0 Å². The van der Waals surface area contributed by atoms with E-state index in [1.807, 2.05) is 32.0 Å². The highest BCUT2D eigenvalue weighted by atomic mass is 32.2. The first kappa shape index (κ1) is 12.6. The van der Waals surface area contributed by atoms with Crippen molar-refractivity contribution in [1.82, 2.24) is 0 Å². The maximum Gasteiger partial charge on any atom is 0.0691 e. The lowest BCUT2D eigenvalue weighted by Gasteiger charge is -2.15. The molecule has 17 heavy (non-hydrogen) atoms. The Morgan fingerprint density at radius 2 is 2.29 bits per heavy atom. The Morgan fingerprint density at radius 1 is 1.53 bits per heavy atom. The third-order valence-electron chi connectivity index (χ3n) is 3.43. The first-order chi connectivity index (χ1) is 8.09. The number of anilines is 1. The summed E-state index contributed by atoms with van der Waals surface area (Å²) in [5.74, 6) is 0.579. The molecule has 1 fully saturated rings. The smallest absolute Gasteiger partial charge is 0.0691 e. The number of nitrogens with two attached hydrogens (primary N) is 1. The molecule has 94 valence electrons. The summed E-state index contributed by atoms with van der Waals surface area (Å²) < 4.78 is 17.7. The summed E-state index contributed by atoms with van der Waals surface area (Å²) in [6, 6.07) is 5.80. The number of hydrogen-bond donors (Lipinski definition) is 1. The standard InChI is InChI=1S/C13H19NO2S/c1-9-11(4-3-5-12(9)14)8-17(15)13-6-7-16-10(13)2/h3-5,10,13H,6-8,14H2,1-2H3. The van der Waals surface area contributed by atoms with Crippen LogP contribution in [0, 0.1) is 6.92 Å². The zero-order valence-corrected chi connectivity index (χ0v) is 11.1. The van der Waals surface area contributed by atoms with Crippen molar-refractivity contribution in [1.29, 1.82) is 0 Å². The molecule has 3 atom stereocenters. The van der Waals surface area contributed by atoms with E-state index in [1.54, 1.807) is 0 Å². The summed E-state index contributed by atoms with van der Waals surface area (Å²) in [4.78, 5) is 0. The molecule has 0 spiro atoms. The van der Waals surface area contributed by atoms with Crippen molar-refractivity contribution in [2.75, 3.05) is 12.3 Å². The van der Waals surface area contributed by atoms with Crippen LogP contribution in [0.4, 0.5) is 5.69 Å². The van der Waals surface area contributed by atoms with Crippen LogP contribution in [0.15, 0.2) is 18.2 Å². The Labute approximate surface area is 105 Å². The minimum atomic E-state index is -0.876. The van der Waals surface area contributed by atoms with Crippen LogP contribution in [0.1, 0.15) is 24.5 Å². The topological polar surface area (TPSA) is 52.3 Å². The van der Waals surface area contributed by atoms with E-state index in [0.29, 0.717) is 5.75 Å². The molecule has 3 nitrogen and oxygen atoms in total. The van der Waals surface area contributed by atoms with E-state index in [0.717, 1.165) is 29.8 Å². The first-order valence-corrected chi connectivity index (χ1v) is 7.30. The van der Waals surface area contributed by atoms with Crippen LogP contribution < -0.4 is 5.73 Å². The summed E-state index contributed by atoms with van der Waals surface area (Å²) in [6.07, 6.45) is 1.01. The lowest BCUT2D eigenvalue weighted by Crippen LogP contribution is -2.24. The highest BCUT2D eigenvalue weighted by Crippen LogP contribution is 2.23. The SMILES string of the molecule is Cc1c(N)cccc1CS(=O)C1CCOC1C. The van der Waals surface area contributed by atoms with Crippen LogP contribution in [0.2, 0.25) is 0 Å². The molecule has 1 heterocycles. The molecule has 2 rings (SSSR count). The van der Waals surface area contributed by atoms with Crippen LogP contribution >= 0.6 is 0 Å². The van der Waals surface area contributed by atoms with Gasteiger partial charge < -0.3 is 10.5 Å². The third-order valence-corrected chi connectivity index (χ3v) is 5.32. The second-order valence-electron chi connectivity index (χ2n) is 4.56. The predicted octanol–water partition coefficient (Wildman–Crippen LogP) is 2.00. The van der Waals surface area contributed by atoms with Crippen LogP contribution in [0.3, 0.4) is 0 Å². The normalized spacial score (nSPS) is 26.0. The Balaban J connectivity index is 2.10. The van der Waals surface area contributed by atoms with Crippen molar-refractivity contribution >= 4 is 16.5 Å². The summed E-state index contributed by atoms with van der Waals surface area (Å²) in [5.41, 5.74) is 8.76. The van der Waals surface area contributed by atoms with E-state index < -0.39 is 10.8 Å². The van der Waals surface area contributed by atoms with E-state index in [-0.39, 0.29) is 11.4 Å². The van der Waals surface area contributed by atoms with Gasteiger partial charge in [-0.05, 0) is 37.5 Å². The molecule has 3 unspecified atom stereocenters. The number of hydrogen-bond acceptors (Lipinski definition) is 3. The van der Waals surface area contributed by atoms with E-state index in [2.05, 4.69) is 0 Å². The maximum absolute atomic E-state index is 12.3. The van der Waals surface area contributed by atoms with E-state index in [1.165, 1.54) is 0 Å². The van der Waals surface area contributed by atoms with Crippen molar-refractivity contribution in [3.05, 3.63) is 29.3 Å². The average molecular weight is 253 g/mol. The van der Waals surface area contributed by atoms with Crippen LogP contribution in [0.25, 0.3) is 0 Å². The molecule has 1 saturated heterocycles. The molecule has 2 N–H and O–H groups in total. The van der Waals surface area contributed by atoms with Gasteiger partial charge in [-0.25, -0.2) is 0 Å². The number of ether oxygens (including phenoxy) is 1. The number of benzene rings is 1. The van der Waals surface area contributed by atoms with Crippen LogP contribution in [0.5, 0.6) is 0 Å². The van der Waals surface area contributed by atoms with Gasteiger partial charge in [0.25, 0.3) is 0 Å². The minimum absolute atomic E-state index is 0.109. The van der Waals surface area contributed by atoms with Gasteiger partial charge in [-0.1, -0.05) is 12.1 Å². The Morgan fingerprint density at radius 3 is 2.94 bits per heavy atom. The third kappa shape index (κ3) is 2.69. The predicted molar refractivity (Wildman–Crippen MR) is 71.3 cm³/mol. The van der Waals surface area contributed by atoms with E-state index in [9.17, 15) is 4.21 Å². The van der Waals surface area contributed by atoms with Crippen molar-refractivity contribution in [2.24, 2.45) is 0 Å². The van der Waals surface area contributed by atoms with Gasteiger partial charge in [0.2, 0.25) is 0 Å². The molecule has 0 saturated carbocycles. The molecular weight excluding hydrogens is 234 g/mol. The largest absolute Gasteiger partial charge is 0.399 e. The zero-order valence-electron chi connectivity index (χ0n) is 10.3. The van der Waals surface area contributed by atoms with Crippen molar-refractivity contribution < 1.29 is 8.95 Å². The van der Waals surface area contributed by atoms with Gasteiger partial charge >= 0.3 is 0 Å². The highest BCUT2D eigenvalue weighted by Gasteiger charge is 2.29. The van der Waals surface area contributed by atoms with Gasteiger partial charge in [-0.2, -0.15) is 0 Å². The Hall–Kier alpha value is -0.870. The van der Waals surface area contributed by atoms with Gasteiger partial charge in [-0.15, -0.1) is 0 Å². The van der Waals surface area contributed by atoms with Crippen molar-refractivity contribution in [3.8, 4) is 0 Å². The molecule has 1 aliphatic heterocycles. The van der Waals surface area contributed by atoms with E-state index >= 15 is 0 Å². The molecule has 1 aliphatic rings. The number of rotatable bonds is 3. The molecule has 0 aliphatic carbocycles. The van der Waals surface area contributed by atoms with Gasteiger partial charge in [-0.3, -0.25) is 4.21 Å². The zero-order chi connectivity index (χ0) is 12.4. The summed E-state index contributed by atoms with van der Waals surface area (Å²) in [7, 11) is -0.876. The van der Waals surface area contributed by atoms with Crippen molar-refractivity contribution in [3.63, 3.8) is 0 Å². The molecule has 0 radical (unpaired) electrons. The monoisotopic (exact) mass is 253 g/mol. The second kappa shape index (κ2) is 5.19. The fourth-order valence-electron chi connectivity index (χ4n) is 2.18. The molecule has 1 aromatic rings. The van der Waals surface area contributed by atoms with Gasteiger partial charge in [0.15, 0.2) is 0 Å². The quantitative estimate of drug-likeness (QED) is 0.838. The molecule has 1 aromatic carbocycles. The van der Waals surface area contributed by atoms with Gasteiger partial charge in [0.05, 0.1) is 11.4 Å². The lowest BCUT2D eigenvalue weighted by molar-refractivity contribution is 0.127. The molecular formula is C13H19NO2S. The first-order valence-electron chi connectivity index (χ1n) is 5.92. The summed E-state index contributed by atoms with van der Waals surface area (Å²) in [6.45, 7) is 4.71. The molecule has 0 amide bonds. The Kier molecular flexibility index (Phi) is 3.84. The highest BCUT2D eigenvalue weighted by molar-refractivity contribution is 7.84. The van der Waals surface area contributed by atoms with E-state index in [4.69, 9.17) is 10.5 Å². The lowest BCUT2D eigenvalue weighted by atomic mass is 10.1. The summed E-state index contributed by atoms with van der Waals surface area (Å²) in [5, 5.41) is 0.163. The fourth-order valence-corrected chi connectivity index (χ4v) is 3.88. The summed E-state index contributed by atoms with van der Waals surface area (Å²) >= 11 is 0. The molecule has 4 heteroatoms. The van der Waals surface area contributed by atoms with Crippen LogP contribution in [-0.2, 0) is 21.3 Å². The minimum Gasteiger partial charge on any atom is -0.399 e. The van der Waals surface area contributed by atoms with Crippen LogP contribution in [-0.4, -0.2) is 22.2 Å². The van der Waals surface area contributed by atoms with Crippen molar-refractivity contribution in [2.45, 2.75) is 37.4 Å². The molecule has 0 aromatic heterocycles. The Bertz CT molecular complexity index is 433. The number of nitrogen functional groups attached to an aromatic ring is 1. The average Bonchev–Trinajstić information content (AvgIpc) is 2.71. The van der Waals surface area contributed by atoms with Gasteiger partial charge in [0, 0.05) is 28.8 Å². The second-order valence-corrected chi connectivity index (χ2v) is 6.22. The molecule has 0 bridgehead atoms.